The summed E-state index contributed by atoms with van der Waals surface area (Å²) < 4.78 is 22.0. The van der Waals surface area contributed by atoms with Crippen LogP contribution in [0.4, 0.5) is 5.69 Å². The molecule has 0 spiro atoms. The van der Waals surface area contributed by atoms with Crippen LogP contribution in [0.15, 0.2) is 36.4 Å². The van der Waals surface area contributed by atoms with Crippen LogP contribution in [0.25, 0.3) is 0 Å². The van der Waals surface area contributed by atoms with Gasteiger partial charge in [-0.3, -0.25) is 9.59 Å². The van der Waals surface area contributed by atoms with E-state index in [-0.39, 0.29) is 17.4 Å². The lowest BCUT2D eigenvalue weighted by Crippen LogP contribution is -2.49. The third-order valence-electron chi connectivity index (χ3n) is 5.59. The summed E-state index contributed by atoms with van der Waals surface area (Å²) >= 11 is 0. The van der Waals surface area contributed by atoms with E-state index in [1.54, 1.807) is 30.4 Å². The van der Waals surface area contributed by atoms with Crippen molar-refractivity contribution < 1.29 is 33.3 Å². The molecule has 2 bridgehead atoms. The van der Waals surface area contributed by atoms with Crippen LogP contribution in [0.1, 0.15) is 10.4 Å². The number of anilines is 1. The van der Waals surface area contributed by atoms with Crippen molar-refractivity contribution in [2.24, 2.45) is 11.8 Å². The molecule has 3 fully saturated rings. The first-order chi connectivity index (χ1) is 13.1. The highest BCUT2D eigenvalue weighted by Crippen LogP contribution is 2.55. The van der Waals surface area contributed by atoms with Gasteiger partial charge in [0.2, 0.25) is 11.8 Å². The van der Waals surface area contributed by atoms with E-state index < -0.39 is 35.8 Å². The number of hydrogen-bond donors (Lipinski definition) is 0. The van der Waals surface area contributed by atoms with E-state index in [9.17, 15) is 14.4 Å². The monoisotopic (exact) mass is 371 g/mol. The molecule has 3 saturated heterocycles. The van der Waals surface area contributed by atoms with Gasteiger partial charge in [-0.25, -0.2) is 9.69 Å². The van der Waals surface area contributed by atoms with Crippen molar-refractivity contribution in [3.63, 3.8) is 0 Å². The fraction of sp³-hybridized carbons (Fsp3) is 0.421. The SMILES string of the molecule is COC(=O)c1cccc(N2C(=O)[C@@H]3[C@@H](C2=O)[C@@]2(C4OCCO4)C=C[C@H]3O2)c1. The molecule has 2 amide bonds. The zero-order valence-electron chi connectivity index (χ0n) is 14.5. The molecule has 8 nitrogen and oxygen atoms in total. The van der Waals surface area contributed by atoms with E-state index in [0.29, 0.717) is 18.9 Å². The van der Waals surface area contributed by atoms with Gasteiger partial charge in [0.15, 0.2) is 11.9 Å². The van der Waals surface area contributed by atoms with E-state index in [0.717, 1.165) is 4.90 Å². The van der Waals surface area contributed by atoms with Crippen LogP contribution < -0.4 is 4.90 Å². The number of amides is 2. The van der Waals surface area contributed by atoms with Gasteiger partial charge >= 0.3 is 5.97 Å². The minimum atomic E-state index is -1.09. The van der Waals surface area contributed by atoms with Crippen LogP contribution in [0, 0.1) is 11.8 Å². The summed E-state index contributed by atoms with van der Waals surface area (Å²) in [4.78, 5) is 39.3. The Bertz CT molecular complexity index is 875. The maximum absolute atomic E-state index is 13.3. The molecule has 27 heavy (non-hydrogen) atoms. The van der Waals surface area contributed by atoms with E-state index >= 15 is 0 Å². The second-order valence-corrected chi connectivity index (χ2v) is 6.93. The number of benzene rings is 1. The number of nitrogens with zero attached hydrogens (tertiary/aromatic N) is 1. The van der Waals surface area contributed by atoms with Gasteiger partial charge in [-0.1, -0.05) is 12.1 Å². The number of ether oxygens (including phenoxy) is 4. The number of methoxy groups -OCH3 is 1. The van der Waals surface area contributed by atoms with Crippen LogP contribution >= 0.6 is 0 Å². The van der Waals surface area contributed by atoms with Gasteiger partial charge in [0.25, 0.3) is 0 Å². The number of imide groups is 1. The molecule has 1 aromatic carbocycles. The largest absolute Gasteiger partial charge is 0.465 e. The molecule has 4 aliphatic heterocycles. The lowest BCUT2D eigenvalue weighted by atomic mass is 9.76. The molecule has 140 valence electrons. The Morgan fingerprint density at radius 2 is 2.00 bits per heavy atom. The number of rotatable bonds is 3. The van der Waals surface area contributed by atoms with Gasteiger partial charge in [0.1, 0.15) is 0 Å². The summed E-state index contributed by atoms with van der Waals surface area (Å²) in [6.45, 7) is 0.831. The standard InChI is InChI=1S/C19H17NO7/c1-24-17(23)10-3-2-4-11(9-10)20-15(21)13-12-5-6-19(27-12,14(13)16(20)22)18-25-7-8-26-18/h2-6,9,12-14,18H,7-8H2,1H3/t12-,13+,14+,19-/m1/s1. The number of esters is 1. The Hall–Kier alpha value is -2.55. The number of fused-ring (bicyclic) bond motifs is 5. The fourth-order valence-corrected chi connectivity index (χ4v) is 4.47. The van der Waals surface area contributed by atoms with Crippen LogP contribution in [-0.4, -0.2) is 56.1 Å². The lowest BCUT2D eigenvalue weighted by Gasteiger charge is -2.32. The molecule has 8 heteroatoms. The normalized spacial score (nSPS) is 34.6. The highest BCUT2D eigenvalue weighted by Gasteiger charge is 2.71. The minimum Gasteiger partial charge on any atom is -0.465 e. The Labute approximate surface area is 154 Å². The zero-order valence-corrected chi connectivity index (χ0v) is 14.5. The van der Waals surface area contributed by atoms with Crippen LogP contribution in [0.2, 0.25) is 0 Å². The van der Waals surface area contributed by atoms with Gasteiger partial charge in [0.05, 0.1) is 49.5 Å². The van der Waals surface area contributed by atoms with Gasteiger partial charge in [-0.05, 0) is 24.3 Å². The zero-order chi connectivity index (χ0) is 18.8. The molecule has 0 saturated carbocycles. The highest BCUT2D eigenvalue weighted by atomic mass is 16.7. The Kier molecular flexibility index (Phi) is 3.52. The van der Waals surface area contributed by atoms with Crippen LogP contribution in [0.3, 0.4) is 0 Å². The summed E-state index contributed by atoms with van der Waals surface area (Å²) in [7, 11) is 1.28. The average molecular weight is 371 g/mol. The molecular formula is C19H17NO7. The molecule has 0 N–H and O–H groups in total. The van der Waals surface area contributed by atoms with E-state index in [4.69, 9.17) is 18.9 Å². The highest BCUT2D eigenvalue weighted by molar-refractivity contribution is 6.23. The quantitative estimate of drug-likeness (QED) is 0.438. The van der Waals surface area contributed by atoms with Gasteiger partial charge in [0, 0.05) is 0 Å². The number of carbonyl (C=O) groups is 3. The maximum Gasteiger partial charge on any atom is 0.337 e. The average Bonchev–Trinajstić information content (AvgIpc) is 3.45. The van der Waals surface area contributed by atoms with Crippen molar-refractivity contribution >= 4 is 23.5 Å². The number of carbonyl (C=O) groups excluding carboxylic acids is 3. The first kappa shape index (κ1) is 16.6. The van der Waals surface area contributed by atoms with E-state index in [2.05, 4.69) is 0 Å². The van der Waals surface area contributed by atoms with Gasteiger partial charge in [-0.15, -0.1) is 0 Å². The van der Waals surface area contributed by atoms with Crippen LogP contribution in [0.5, 0.6) is 0 Å². The number of hydrogen-bond acceptors (Lipinski definition) is 7. The molecule has 4 atom stereocenters. The van der Waals surface area contributed by atoms with Crippen molar-refractivity contribution in [1.82, 2.24) is 0 Å². The molecule has 0 aromatic heterocycles. The van der Waals surface area contributed by atoms with E-state index in [1.807, 2.05) is 0 Å². The smallest absolute Gasteiger partial charge is 0.337 e. The first-order valence-corrected chi connectivity index (χ1v) is 8.73. The van der Waals surface area contributed by atoms with Gasteiger partial charge < -0.3 is 18.9 Å². The molecule has 1 aromatic rings. The first-order valence-electron chi connectivity index (χ1n) is 8.73. The summed E-state index contributed by atoms with van der Waals surface area (Å²) in [5.74, 6) is -2.60. The molecule has 0 aliphatic carbocycles. The third kappa shape index (κ3) is 2.11. The minimum absolute atomic E-state index is 0.266. The van der Waals surface area contributed by atoms with Crippen molar-refractivity contribution in [3.8, 4) is 0 Å². The van der Waals surface area contributed by atoms with Crippen molar-refractivity contribution in [2.45, 2.75) is 18.0 Å². The predicted molar refractivity (Wildman–Crippen MR) is 89.7 cm³/mol. The topological polar surface area (TPSA) is 91.4 Å². The second kappa shape index (κ2) is 5.72. The molecule has 0 unspecified atom stereocenters. The van der Waals surface area contributed by atoms with Crippen molar-refractivity contribution in [2.75, 3.05) is 25.2 Å². The molecule has 4 heterocycles. The Morgan fingerprint density at radius 1 is 1.22 bits per heavy atom. The molecule has 5 rings (SSSR count). The lowest BCUT2D eigenvalue weighted by molar-refractivity contribution is -0.180. The predicted octanol–water partition coefficient (Wildman–Crippen LogP) is 0.659. The molecule has 4 aliphatic rings. The van der Waals surface area contributed by atoms with Crippen molar-refractivity contribution in [1.29, 1.82) is 0 Å². The van der Waals surface area contributed by atoms with Crippen molar-refractivity contribution in [3.05, 3.63) is 42.0 Å². The second-order valence-electron chi connectivity index (χ2n) is 6.93. The summed E-state index contributed by atoms with van der Waals surface area (Å²) in [6, 6.07) is 6.28. The summed E-state index contributed by atoms with van der Waals surface area (Å²) in [5.41, 5.74) is -0.486. The Balaban J connectivity index is 1.53. The molecule has 0 radical (unpaired) electrons. The third-order valence-corrected chi connectivity index (χ3v) is 5.59. The fourth-order valence-electron chi connectivity index (χ4n) is 4.47. The summed E-state index contributed by atoms with van der Waals surface area (Å²) in [5, 5.41) is 0. The maximum atomic E-state index is 13.3. The molecular weight excluding hydrogens is 354 g/mol. The Morgan fingerprint density at radius 3 is 2.74 bits per heavy atom. The van der Waals surface area contributed by atoms with E-state index in [1.165, 1.54) is 13.2 Å². The van der Waals surface area contributed by atoms with Crippen LogP contribution in [-0.2, 0) is 28.5 Å². The summed E-state index contributed by atoms with van der Waals surface area (Å²) in [6.07, 6.45) is 2.38. The van der Waals surface area contributed by atoms with Gasteiger partial charge in [-0.2, -0.15) is 0 Å².